The van der Waals surface area contributed by atoms with E-state index in [1.807, 2.05) is 37.4 Å². The van der Waals surface area contributed by atoms with E-state index in [-0.39, 0.29) is 11.8 Å². The van der Waals surface area contributed by atoms with E-state index < -0.39 is 0 Å². The summed E-state index contributed by atoms with van der Waals surface area (Å²) in [5, 5.41) is 6.10. The molecule has 2 aromatic carbocycles. The van der Waals surface area contributed by atoms with E-state index in [2.05, 4.69) is 36.6 Å². The van der Waals surface area contributed by atoms with Gasteiger partial charge in [0.1, 0.15) is 0 Å². The Balaban J connectivity index is 1.94. The number of aryl methyl sites for hydroxylation is 2. The van der Waals surface area contributed by atoms with Gasteiger partial charge in [-0.1, -0.05) is 43.2 Å². The molecule has 0 fully saturated rings. The summed E-state index contributed by atoms with van der Waals surface area (Å²) in [6.07, 6.45) is 4.40. The average Bonchev–Trinajstić information content (AvgIpc) is 2.72. The number of benzene rings is 2. The highest BCUT2D eigenvalue weighted by Crippen LogP contribution is 2.27. The Kier molecular flexibility index (Phi) is 8.71. The van der Waals surface area contributed by atoms with Crippen LogP contribution < -0.4 is 10.6 Å². The smallest absolute Gasteiger partial charge is 0.255 e. The van der Waals surface area contributed by atoms with Crippen molar-refractivity contribution in [3.8, 4) is 0 Å². The third kappa shape index (κ3) is 6.63. The summed E-state index contributed by atoms with van der Waals surface area (Å²) in [4.78, 5) is 26.0. The summed E-state index contributed by atoms with van der Waals surface area (Å²) < 4.78 is 0. The van der Waals surface area contributed by atoms with Crippen molar-refractivity contribution in [2.24, 2.45) is 0 Å². The molecule has 0 aliphatic rings. The van der Waals surface area contributed by atoms with E-state index in [1.54, 1.807) is 11.9 Å². The Morgan fingerprint density at radius 2 is 1.55 bits per heavy atom. The zero-order valence-corrected chi connectivity index (χ0v) is 18.0. The van der Waals surface area contributed by atoms with E-state index >= 15 is 0 Å². The Labute approximate surface area is 174 Å². The van der Waals surface area contributed by atoms with Crippen LogP contribution in [0.25, 0.3) is 0 Å². The summed E-state index contributed by atoms with van der Waals surface area (Å²) in [7, 11) is 3.51. The summed E-state index contributed by atoms with van der Waals surface area (Å²) in [6.45, 7) is 4.84. The van der Waals surface area contributed by atoms with Crippen molar-refractivity contribution in [2.45, 2.75) is 46.0 Å². The fourth-order valence-electron chi connectivity index (χ4n) is 3.35. The topological polar surface area (TPSA) is 61.4 Å². The SMILES string of the molecule is CNC(=O)CCCCCCN(C)C(=O)c1ccccc1Nc1c(C)cccc1C. The van der Waals surface area contributed by atoms with Gasteiger partial charge in [-0.05, 0) is 49.9 Å². The van der Waals surface area contributed by atoms with Crippen LogP contribution in [0.5, 0.6) is 0 Å². The highest BCUT2D eigenvalue weighted by atomic mass is 16.2. The molecule has 0 aliphatic carbocycles. The fourth-order valence-corrected chi connectivity index (χ4v) is 3.35. The average molecular weight is 396 g/mol. The molecule has 156 valence electrons. The number of nitrogens with zero attached hydrogens (tertiary/aromatic N) is 1. The molecule has 29 heavy (non-hydrogen) atoms. The minimum absolute atomic E-state index is 0.0182. The quantitative estimate of drug-likeness (QED) is 0.567. The molecule has 0 heterocycles. The molecule has 2 N–H and O–H groups in total. The predicted octanol–water partition coefficient (Wildman–Crippen LogP) is 4.82. The minimum atomic E-state index is 0.0182. The van der Waals surface area contributed by atoms with Crippen molar-refractivity contribution in [1.82, 2.24) is 10.2 Å². The van der Waals surface area contributed by atoms with Gasteiger partial charge in [0.25, 0.3) is 5.91 Å². The molecule has 2 amide bonds. The van der Waals surface area contributed by atoms with Gasteiger partial charge < -0.3 is 15.5 Å². The van der Waals surface area contributed by atoms with Gasteiger partial charge in [-0.2, -0.15) is 0 Å². The van der Waals surface area contributed by atoms with Crippen molar-refractivity contribution in [3.63, 3.8) is 0 Å². The Morgan fingerprint density at radius 1 is 0.897 bits per heavy atom. The molecule has 5 heteroatoms. The largest absolute Gasteiger partial charge is 0.359 e. The van der Waals surface area contributed by atoms with Gasteiger partial charge in [0, 0.05) is 32.7 Å². The van der Waals surface area contributed by atoms with E-state index in [9.17, 15) is 9.59 Å². The Bertz CT molecular complexity index is 812. The van der Waals surface area contributed by atoms with Crippen LogP contribution in [-0.2, 0) is 4.79 Å². The van der Waals surface area contributed by atoms with Crippen LogP contribution in [0.2, 0.25) is 0 Å². The zero-order valence-electron chi connectivity index (χ0n) is 18.0. The van der Waals surface area contributed by atoms with Crippen LogP contribution in [0.1, 0.15) is 53.6 Å². The maximum Gasteiger partial charge on any atom is 0.255 e. The number of anilines is 2. The van der Waals surface area contributed by atoms with Crippen LogP contribution in [0.4, 0.5) is 11.4 Å². The van der Waals surface area contributed by atoms with Crippen LogP contribution in [-0.4, -0.2) is 37.4 Å². The Hall–Kier alpha value is -2.82. The lowest BCUT2D eigenvalue weighted by molar-refractivity contribution is -0.120. The van der Waals surface area contributed by atoms with Gasteiger partial charge in [-0.15, -0.1) is 0 Å². The number of hydrogen-bond acceptors (Lipinski definition) is 3. The van der Waals surface area contributed by atoms with Gasteiger partial charge >= 0.3 is 0 Å². The number of hydrogen-bond donors (Lipinski definition) is 2. The van der Waals surface area contributed by atoms with Crippen LogP contribution in [0, 0.1) is 13.8 Å². The van der Waals surface area contributed by atoms with E-state index in [0.717, 1.165) is 48.2 Å². The van der Waals surface area contributed by atoms with Crippen molar-refractivity contribution < 1.29 is 9.59 Å². The number of carbonyl (C=O) groups is 2. The van der Waals surface area contributed by atoms with E-state index in [0.29, 0.717) is 18.5 Å². The molecule has 0 unspecified atom stereocenters. The molecule has 0 spiro atoms. The second kappa shape index (κ2) is 11.2. The number of rotatable bonds is 10. The van der Waals surface area contributed by atoms with Crippen molar-refractivity contribution >= 4 is 23.2 Å². The third-order valence-corrected chi connectivity index (χ3v) is 5.17. The number of unbranched alkanes of at least 4 members (excludes halogenated alkanes) is 3. The molecule has 0 radical (unpaired) electrons. The van der Waals surface area contributed by atoms with Crippen LogP contribution >= 0.6 is 0 Å². The monoisotopic (exact) mass is 395 g/mol. The summed E-state index contributed by atoms with van der Waals surface area (Å²) in [5.74, 6) is 0.106. The first kappa shape index (κ1) is 22.5. The molecule has 0 atom stereocenters. The molecule has 5 nitrogen and oxygen atoms in total. The molecule has 0 saturated carbocycles. The van der Waals surface area contributed by atoms with E-state index in [4.69, 9.17) is 0 Å². The minimum Gasteiger partial charge on any atom is -0.359 e. The highest BCUT2D eigenvalue weighted by Gasteiger charge is 2.16. The first-order chi connectivity index (χ1) is 13.9. The van der Waals surface area contributed by atoms with Gasteiger partial charge in [-0.25, -0.2) is 0 Å². The van der Waals surface area contributed by atoms with E-state index in [1.165, 1.54) is 0 Å². The first-order valence-electron chi connectivity index (χ1n) is 10.3. The normalized spacial score (nSPS) is 10.5. The molecule has 0 aromatic heterocycles. The molecule has 0 bridgehead atoms. The van der Waals surface area contributed by atoms with Gasteiger partial charge in [-0.3, -0.25) is 9.59 Å². The number of amides is 2. The van der Waals surface area contributed by atoms with Gasteiger partial charge in [0.15, 0.2) is 0 Å². The summed E-state index contributed by atoms with van der Waals surface area (Å²) in [5.41, 5.74) is 4.85. The maximum absolute atomic E-state index is 13.0. The summed E-state index contributed by atoms with van der Waals surface area (Å²) in [6, 6.07) is 13.8. The molecular weight excluding hydrogens is 362 g/mol. The second-order valence-corrected chi connectivity index (χ2v) is 7.50. The highest BCUT2D eigenvalue weighted by molar-refractivity contribution is 6.00. The molecule has 0 saturated heterocycles. The standard InChI is InChI=1S/C24H33N3O2/c1-18-12-11-13-19(2)23(18)26-21-15-9-8-14-20(21)24(29)27(4)17-10-6-5-7-16-22(28)25-3/h8-9,11-15,26H,5-7,10,16-17H2,1-4H3,(H,25,28). The number of para-hydroxylation sites is 2. The molecule has 0 aliphatic heterocycles. The predicted molar refractivity (Wildman–Crippen MR) is 120 cm³/mol. The molecule has 2 aromatic rings. The van der Waals surface area contributed by atoms with Crippen LogP contribution in [0.15, 0.2) is 42.5 Å². The number of carbonyl (C=O) groups excluding carboxylic acids is 2. The first-order valence-corrected chi connectivity index (χ1v) is 10.3. The van der Waals surface area contributed by atoms with Crippen molar-refractivity contribution in [3.05, 3.63) is 59.2 Å². The lowest BCUT2D eigenvalue weighted by Gasteiger charge is -2.20. The van der Waals surface area contributed by atoms with Crippen molar-refractivity contribution in [1.29, 1.82) is 0 Å². The lowest BCUT2D eigenvalue weighted by atomic mass is 10.1. The number of nitrogens with one attached hydrogen (secondary N) is 2. The van der Waals surface area contributed by atoms with Gasteiger partial charge in [0.2, 0.25) is 5.91 Å². The van der Waals surface area contributed by atoms with Crippen LogP contribution in [0.3, 0.4) is 0 Å². The van der Waals surface area contributed by atoms with Gasteiger partial charge in [0.05, 0.1) is 11.3 Å². The third-order valence-electron chi connectivity index (χ3n) is 5.17. The lowest BCUT2D eigenvalue weighted by Crippen LogP contribution is -2.28. The Morgan fingerprint density at radius 3 is 2.24 bits per heavy atom. The molecule has 2 rings (SSSR count). The van der Waals surface area contributed by atoms with Crippen molar-refractivity contribution in [2.75, 3.05) is 26.0 Å². The molecular formula is C24H33N3O2. The maximum atomic E-state index is 13.0. The summed E-state index contributed by atoms with van der Waals surface area (Å²) >= 11 is 0. The fraction of sp³-hybridized carbons (Fsp3) is 0.417. The second-order valence-electron chi connectivity index (χ2n) is 7.50. The zero-order chi connectivity index (χ0) is 21.2.